The number of imide groups is 1. The molecule has 58 heavy (non-hydrogen) atoms. The van der Waals surface area contributed by atoms with Crippen molar-refractivity contribution in [1.82, 2.24) is 40.6 Å². The molecule has 4 atom stereocenters. The number of carbonyl (C=O) groups is 3. The number of amides is 3. The summed E-state index contributed by atoms with van der Waals surface area (Å²) < 4.78 is 45.2. The first kappa shape index (κ1) is 40.0. The van der Waals surface area contributed by atoms with Crippen LogP contribution in [0, 0.1) is 5.41 Å². The summed E-state index contributed by atoms with van der Waals surface area (Å²) in [5, 5.41) is 17.5. The van der Waals surface area contributed by atoms with Gasteiger partial charge in [-0.2, -0.15) is 0 Å². The van der Waals surface area contributed by atoms with Gasteiger partial charge in [0.2, 0.25) is 11.8 Å². The van der Waals surface area contributed by atoms with E-state index in [4.69, 9.17) is 17.0 Å². The molecule has 4 unspecified atom stereocenters. The third kappa shape index (κ3) is 8.51. The third-order valence-electron chi connectivity index (χ3n) is 12.0. The predicted octanol–water partition coefficient (Wildman–Crippen LogP) is 4.05. The van der Waals surface area contributed by atoms with Gasteiger partial charge in [-0.3, -0.25) is 39.8 Å². The van der Waals surface area contributed by atoms with Crippen LogP contribution in [0.1, 0.15) is 70.2 Å². The number of anilines is 1. The van der Waals surface area contributed by atoms with Gasteiger partial charge in [-0.15, -0.1) is 0 Å². The lowest BCUT2D eigenvalue weighted by Crippen LogP contribution is -2.61. The molecular weight excluding hydrogens is 773 g/mol. The van der Waals surface area contributed by atoms with Gasteiger partial charge in [-0.05, 0) is 53.6 Å². The van der Waals surface area contributed by atoms with Crippen molar-refractivity contribution in [3.63, 3.8) is 0 Å². The van der Waals surface area contributed by atoms with Crippen molar-refractivity contribution in [2.24, 2.45) is 0 Å². The molecule has 0 radical (unpaired) electrons. The number of carbonyl (C=O) groups excluding carboxylic acids is 3. The van der Waals surface area contributed by atoms with Crippen LogP contribution in [0.15, 0.2) is 48.7 Å². The van der Waals surface area contributed by atoms with E-state index in [-0.39, 0.29) is 36.3 Å². The highest BCUT2D eigenvalue weighted by Gasteiger charge is 2.48. The minimum Gasteiger partial charge on any atom is -0.385 e. The van der Waals surface area contributed by atoms with Crippen LogP contribution in [0.2, 0.25) is 5.02 Å². The zero-order chi connectivity index (χ0) is 40.7. The molecule has 4 aliphatic heterocycles. The molecular formula is C41H48ClF3N10O3. The molecule has 0 bridgehead atoms. The van der Waals surface area contributed by atoms with Crippen molar-refractivity contribution in [2.75, 3.05) is 57.8 Å². The molecule has 13 nitrogen and oxygen atoms in total. The van der Waals surface area contributed by atoms with Gasteiger partial charge in [0, 0.05) is 89.0 Å². The van der Waals surface area contributed by atoms with E-state index in [9.17, 15) is 18.8 Å². The van der Waals surface area contributed by atoms with E-state index in [0.717, 1.165) is 22.4 Å². The van der Waals surface area contributed by atoms with Gasteiger partial charge in [0.15, 0.2) is 5.82 Å². The summed E-state index contributed by atoms with van der Waals surface area (Å²) in [6.45, 7) is 4.11. The van der Waals surface area contributed by atoms with E-state index < -0.39 is 36.0 Å². The van der Waals surface area contributed by atoms with Crippen molar-refractivity contribution in [3.8, 4) is 0 Å². The number of aromatic nitrogens is 2. The van der Waals surface area contributed by atoms with Crippen molar-refractivity contribution in [1.29, 1.82) is 5.41 Å². The normalized spacial score (nSPS) is 25.3. The summed E-state index contributed by atoms with van der Waals surface area (Å²) in [6.07, 6.45) is 4.01. The van der Waals surface area contributed by atoms with Crippen molar-refractivity contribution < 1.29 is 27.6 Å². The van der Waals surface area contributed by atoms with Gasteiger partial charge in [0.25, 0.3) is 11.8 Å². The molecule has 4 fully saturated rings. The fourth-order valence-corrected chi connectivity index (χ4v) is 9.03. The van der Waals surface area contributed by atoms with E-state index in [0.29, 0.717) is 100 Å². The molecule has 17 heteroatoms. The Morgan fingerprint density at radius 3 is 2.57 bits per heavy atom. The maximum atomic E-state index is 16.0. The Hall–Kier alpha value is -4.77. The largest absolute Gasteiger partial charge is 0.385 e. The number of piperazine rings is 1. The summed E-state index contributed by atoms with van der Waals surface area (Å²) >= 11 is 6.47. The molecule has 3 saturated heterocycles. The molecule has 1 saturated carbocycles. The molecule has 2 aromatic carbocycles. The van der Waals surface area contributed by atoms with Gasteiger partial charge in [0.05, 0.1) is 36.4 Å². The lowest BCUT2D eigenvalue weighted by atomic mass is 9.89. The SMILES string of the molecule is CN/C(=C/C(=N)N1CCc2c(CN3CCC(N4CCN(Cc5ccc(Cl)c(C6CCC(=O)NC6=O)c5)CC4)C(F)(F)C3)cccc21)c1ncc(C(=O)NC2CC2F)[nH]1. The lowest BCUT2D eigenvalue weighted by molar-refractivity contribution is -0.135. The minimum atomic E-state index is -2.89. The van der Waals surface area contributed by atoms with Gasteiger partial charge in [-0.1, -0.05) is 35.9 Å². The van der Waals surface area contributed by atoms with Gasteiger partial charge in [0.1, 0.15) is 17.7 Å². The van der Waals surface area contributed by atoms with E-state index in [1.54, 1.807) is 19.2 Å². The van der Waals surface area contributed by atoms with Crippen LogP contribution in [0.3, 0.4) is 0 Å². The minimum absolute atomic E-state index is 0.199. The number of hydrogen-bond acceptors (Lipinski definition) is 9. The van der Waals surface area contributed by atoms with Crippen molar-refractivity contribution in [2.45, 2.75) is 75.3 Å². The average Bonchev–Trinajstić information content (AvgIpc) is 3.52. The van der Waals surface area contributed by atoms with Crippen LogP contribution in [-0.2, 0) is 29.1 Å². The summed E-state index contributed by atoms with van der Waals surface area (Å²) in [5.41, 5.74) is 5.28. The van der Waals surface area contributed by atoms with Crippen LogP contribution in [0.5, 0.6) is 0 Å². The number of benzene rings is 2. The molecule has 1 aliphatic carbocycles. The number of piperidine rings is 2. The van der Waals surface area contributed by atoms with Crippen LogP contribution in [-0.4, -0.2) is 125 Å². The van der Waals surface area contributed by atoms with Crippen LogP contribution < -0.4 is 20.9 Å². The second kappa shape index (κ2) is 16.5. The number of nitrogens with one attached hydrogen (secondary N) is 5. The summed E-state index contributed by atoms with van der Waals surface area (Å²) in [4.78, 5) is 51.8. The maximum absolute atomic E-state index is 16.0. The molecule has 5 heterocycles. The highest BCUT2D eigenvalue weighted by atomic mass is 35.5. The average molecular weight is 821 g/mol. The van der Waals surface area contributed by atoms with E-state index in [2.05, 4.69) is 30.8 Å². The number of aromatic amines is 1. The number of amidine groups is 1. The zero-order valence-electron chi connectivity index (χ0n) is 32.3. The van der Waals surface area contributed by atoms with Crippen molar-refractivity contribution >= 4 is 46.5 Å². The van der Waals surface area contributed by atoms with Crippen LogP contribution >= 0.6 is 11.6 Å². The molecule has 5 aliphatic rings. The second-order valence-corrected chi connectivity index (χ2v) is 16.3. The Labute approximate surface area is 339 Å². The standard InChI is InChI=1S/C41H48ClF3N10O3/c1-47-32(38-48-20-33(49-38)40(58)50-31-18-30(31)43)19-36(46)55-12-9-26-25(3-2-4-34(26)55)22-53-11-10-35(41(44,45)23-53)54-15-13-52(14-16-54)21-24-5-7-29(42)28(17-24)27-6-8-37(56)51-39(27)57/h2-5,7,17,19-20,27,30-31,35,46-47H,6,8-16,18,21-23H2,1H3,(H,48,49)(H,50,58)(H,51,56,57)/b32-19+,46-36?. The number of imidazole rings is 1. The third-order valence-corrected chi connectivity index (χ3v) is 12.4. The Balaban J connectivity index is 0.849. The number of likely N-dealkylation sites (tertiary alicyclic amines) is 1. The smallest absolute Gasteiger partial charge is 0.275 e. The molecule has 0 spiro atoms. The highest BCUT2D eigenvalue weighted by molar-refractivity contribution is 6.31. The number of fused-ring (bicyclic) bond motifs is 1. The topological polar surface area (TPSA) is 153 Å². The number of nitrogens with zero attached hydrogens (tertiary/aromatic N) is 5. The van der Waals surface area contributed by atoms with Crippen LogP contribution in [0.25, 0.3) is 5.70 Å². The summed E-state index contributed by atoms with van der Waals surface area (Å²) in [6, 6.07) is 10.2. The fraction of sp³-hybridized carbons (Fsp3) is 0.488. The molecule has 1 aromatic heterocycles. The van der Waals surface area contributed by atoms with Gasteiger partial charge < -0.3 is 20.5 Å². The van der Waals surface area contributed by atoms with E-state index in [1.165, 1.54) is 6.20 Å². The molecule has 3 aromatic rings. The first-order valence-corrected chi connectivity index (χ1v) is 20.3. The zero-order valence-corrected chi connectivity index (χ0v) is 33.1. The number of hydrogen-bond donors (Lipinski definition) is 5. The first-order valence-electron chi connectivity index (χ1n) is 19.9. The summed E-state index contributed by atoms with van der Waals surface area (Å²) in [5.74, 6) is -3.84. The second-order valence-electron chi connectivity index (χ2n) is 15.9. The highest BCUT2D eigenvalue weighted by Crippen LogP contribution is 2.37. The predicted molar refractivity (Wildman–Crippen MR) is 214 cm³/mol. The maximum Gasteiger partial charge on any atom is 0.275 e. The Morgan fingerprint density at radius 2 is 1.84 bits per heavy atom. The molecule has 8 rings (SSSR count). The lowest BCUT2D eigenvalue weighted by Gasteiger charge is -2.46. The first-order chi connectivity index (χ1) is 27.9. The number of H-pyrrole nitrogens is 1. The number of rotatable bonds is 11. The number of halogens is 4. The van der Waals surface area contributed by atoms with Crippen molar-refractivity contribution in [3.05, 3.63) is 87.5 Å². The number of alkyl halides is 3. The Kier molecular flexibility index (Phi) is 11.4. The molecule has 3 amide bonds. The monoisotopic (exact) mass is 820 g/mol. The van der Waals surface area contributed by atoms with E-state index >= 15 is 8.78 Å². The Morgan fingerprint density at radius 1 is 1.05 bits per heavy atom. The van der Waals surface area contributed by atoms with Gasteiger partial charge >= 0.3 is 0 Å². The van der Waals surface area contributed by atoms with Gasteiger partial charge in [-0.25, -0.2) is 18.2 Å². The summed E-state index contributed by atoms with van der Waals surface area (Å²) in [7, 11) is 1.69. The quantitative estimate of drug-likeness (QED) is 0.110. The Bertz CT molecular complexity index is 2120. The molecule has 308 valence electrons. The molecule has 5 N–H and O–H groups in total. The fourth-order valence-electron chi connectivity index (χ4n) is 8.78. The van der Waals surface area contributed by atoms with E-state index in [1.807, 2.05) is 45.0 Å². The van der Waals surface area contributed by atoms with Crippen LogP contribution in [0.4, 0.5) is 18.9 Å².